The zero-order chi connectivity index (χ0) is 18.7. The highest BCUT2D eigenvalue weighted by Crippen LogP contribution is 2.22. The van der Waals surface area contributed by atoms with E-state index in [-0.39, 0.29) is 12.0 Å². The van der Waals surface area contributed by atoms with Gasteiger partial charge >= 0.3 is 5.97 Å². The monoisotopic (exact) mass is 350 g/mol. The van der Waals surface area contributed by atoms with Crippen molar-refractivity contribution in [1.82, 2.24) is 10.3 Å². The number of amides is 1. The Kier molecular flexibility index (Phi) is 4.84. The van der Waals surface area contributed by atoms with Crippen LogP contribution in [0.2, 0.25) is 0 Å². The second-order valence-corrected chi connectivity index (χ2v) is 6.05. The summed E-state index contributed by atoms with van der Waals surface area (Å²) in [5.41, 5.74) is 2.35. The molecule has 0 aliphatic rings. The van der Waals surface area contributed by atoms with Crippen molar-refractivity contribution in [2.24, 2.45) is 0 Å². The van der Waals surface area contributed by atoms with Gasteiger partial charge in [-0.1, -0.05) is 48.5 Å². The number of aromatic amines is 1. The van der Waals surface area contributed by atoms with Gasteiger partial charge in [-0.15, -0.1) is 0 Å². The number of carbonyl (C=O) groups is 3. The minimum Gasteiger partial charge on any atom is -0.480 e. The van der Waals surface area contributed by atoms with E-state index in [4.69, 9.17) is 0 Å². The number of aryl methyl sites for hydroxylation is 1. The summed E-state index contributed by atoms with van der Waals surface area (Å²) in [5.74, 6) is -2.87. The minimum absolute atomic E-state index is 0.0993. The van der Waals surface area contributed by atoms with Crippen molar-refractivity contribution >= 4 is 28.6 Å². The average Bonchev–Trinajstić information content (AvgIpc) is 2.96. The first-order valence-electron chi connectivity index (χ1n) is 8.16. The second kappa shape index (κ2) is 7.23. The molecular weight excluding hydrogens is 332 g/mol. The van der Waals surface area contributed by atoms with Crippen LogP contribution in [0.25, 0.3) is 10.9 Å². The fourth-order valence-electron chi connectivity index (χ4n) is 2.96. The number of rotatable bonds is 6. The van der Waals surface area contributed by atoms with Gasteiger partial charge in [0, 0.05) is 23.0 Å². The van der Waals surface area contributed by atoms with Crippen LogP contribution in [0.15, 0.2) is 54.6 Å². The number of benzene rings is 2. The van der Waals surface area contributed by atoms with Crippen molar-refractivity contribution in [2.45, 2.75) is 19.4 Å². The third kappa shape index (κ3) is 3.49. The number of H-pyrrole nitrogens is 1. The van der Waals surface area contributed by atoms with E-state index < -0.39 is 23.7 Å². The molecule has 0 fully saturated rings. The van der Waals surface area contributed by atoms with E-state index >= 15 is 0 Å². The molecule has 0 bridgehead atoms. The molecule has 2 aromatic carbocycles. The summed E-state index contributed by atoms with van der Waals surface area (Å²) in [6.45, 7) is 1.71. The number of carboxylic acids is 1. The summed E-state index contributed by atoms with van der Waals surface area (Å²) in [7, 11) is 0. The number of carbonyl (C=O) groups excluding carboxylic acids is 2. The maximum Gasteiger partial charge on any atom is 0.326 e. The number of aliphatic carboxylic acids is 1. The fraction of sp³-hybridized carbons (Fsp3) is 0.150. The Morgan fingerprint density at radius 1 is 1.04 bits per heavy atom. The van der Waals surface area contributed by atoms with Crippen LogP contribution in [-0.4, -0.2) is 33.8 Å². The number of nitrogens with one attached hydrogen (secondary N) is 2. The normalized spacial score (nSPS) is 11.9. The number of aromatic nitrogens is 1. The first kappa shape index (κ1) is 17.4. The predicted octanol–water partition coefficient (Wildman–Crippen LogP) is 2.47. The Morgan fingerprint density at radius 3 is 2.38 bits per heavy atom. The molecule has 0 aliphatic carbocycles. The molecule has 132 valence electrons. The number of ketones is 1. The van der Waals surface area contributed by atoms with Crippen LogP contribution in [0, 0.1) is 6.92 Å². The number of para-hydroxylation sites is 1. The molecule has 6 nitrogen and oxygen atoms in total. The third-order valence-corrected chi connectivity index (χ3v) is 4.21. The highest BCUT2D eigenvalue weighted by Gasteiger charge is 2.27. The maximum atomic E-state index is 12.6. The molecule has 3 N–H and O–H groups in total. The van der Waals surface area contributed by atoms with Crippen molar-refractivity contribution in [3.63, 3.8) is 0 Å². The van der Waals surface area contributed by atoms with E-state index in [0.29, 0.717) is 11.1 Å². The van der Waals surface area contributed by atoms with Crippen LogP contribution in [0.1, 0.15) is 21.6 Å². The molecule has 0 unspecified atom stereocenters. The van der Waals surface area contributed by atoms with Gasteiger partial charge in [0.2, 0.25) is 0 Å². The number of carboxylic acid groups (broad SMARTS) is 1. The van der Waals surface area contributed by atoms with E-state index in [2.05, 4.69) is 10.3 Å². The number of hydrogen-bond acceptors (Lipinski definition) is 3. The van der Waals surface area contributed by atoms with Crippen LogP contribution >= 0.6 is 0 Å². The van der Waals surface area contributed by atoms with Crippen molar-refractivity contribution in [1.29, 1.82) is 0 Å². The summed E-state index contributed by atoms with van der Waals surface area (Å²) < 4.78 is 0. The Hall–Kier alpha value is -3.41. The Labute approximate surface area is 149 Å². The van der Waals surface area contributed by atoms with E-state index in [0.717, 1.165) is 11.1 Å². The van der Waals surface area contributed by atoms with Gasteiger partial charge in [-0.05, 0) is 18.6 Å². The van der Waals surface area contributed by atoms with E-state index in [1.54, 1.807) is 43.3 Å². The fourth-order valence-corrected chi connectivity index (χ4v) is 2.96. The number of hydrogen-bond donors (Lipinski definition) is 3. The van der Waals surface area contributed by atoms with Crippen molar-refractivity contribution in [3.8, 4) is 0 Å². The molecule has 0 spiro atoms. The summed E-state index contributed by atoms with van der Waals surface area (Å²) in [4.78, 5) is 39.6. The van der Waals surface area contributed by atoms with Crippen LogP contribution in [0.3, 0.4) is 0 Å². The topological polar surface area (TPSA) is 99.3 Å². The lowest BCUT2D eigenvalue weighted by Gasteiger charge is -2.14. The summed E-state index contributed by atoms with van der Waals surface area (Å²) in [6.07, 6.45) is 0.0993. The lowest BCUT2D eigenvalue weighted by atomic mass is 10.0. The SMILES string of the molecule is Cc1[nH]c2ccccc2c1C(=O)C(=O)N[C@@H](Cc1ccccc1)C(=O)O. The first-order chi connectivity index (χ1) is 12.5. The van der Waals surface area contributed by atoms with Gasteiger partial charge in [-0.3, -0.25) is 9.59 Å². The van der Waals surface area contributed by atoms with E-state index in [9.17, 15) is 19.5 Å². The summed E-state index contributed by atoms with van der Waals surface area (Å²) >= 11 is 0. The molecule has 0 radical (unpaired) electrons. The highest BCUT2D eigenvalue weighted by molar-refractivity contribution is 6.45. The molecule has 26 heavy (non-hydrogen) atoms. The van der Waals surface area contributed by atoms with Crippen LogP contribution in [-0.2, 0) is 16.0 Å². The third-order valence-electron chi connectivity index (χ3n) is 4.21. The Morgan fingerprint density at radius 2 is 1.69 bits per heavy atom. The maximum absolute atomic E-state index is 12.6. The van der Waals surface area contributed by atoms with Crippen molar-refractivity contribution in [3.05, 3.63) is 71.4 Å². The van der Waals surface area contributed by atoms with Gasteiger partial charge < -0.3 is 15.4 Å². The van der Waals surface area contributed by atoms with Crippen LogP contribution in [0.4, 0.5) is 0 Å². The molecule has 6 heteroatoms. The molecule has 0 saturated heterocycles. The average molecular weight is 350 g/mol. The minimum atomic E-state index is -1.19. The van der Waals surface area contributed by atoms with Crippen molar-refractivity contribution < 1.29 is 19.5 Å². The molecule has 0 aliphatic heterocycles. The summed E-state index contributed by atoms with van der Waals surface area (Å²) in [5, 5.41) is 12.4. The second-order valence-electron chi connectivity index (χ2n) is 6.05. The van der Waals surface area contributed by atoms with Gasteiger partial charge in [0.05, 0.1) is 5.56 Å². The van der Waals surface area contributed by atoms with Crippen molar-refractivity contribution in [2.75, 3.05) is 0 Å². The largest absolute Gasteiger partial charge is 0.480 e. The standard InChI is InChI=1S/C20H18N2O4/c1-12-17(14-9-5-6-10-15(14)21-12)18(23)19(24)22-16(20(25)26)11-13-7-3-2-4-8-13/h2-10,16,21H,11H2,1H3,(H,22,24)(H,25,26)/t16-/m0/s1. The molecule has 1 atom stereocenters. The Bertz CT molecular complexity index is 976. The predicted molar refractivity (Wildman–Crippen MR) is 97.1 cm³/mol. The lowest BCUT2D eigenvalue weighted by molar-refractivity contribution is -0.141. The molecule has 3 rings (SSSR count). The zero-order valence-corrected chi connectivity index (χ0v) is 14.2. The highest BCUT2D eigenvalue weighted by atomic mass is 16.4. The number of fused-ring (bicyclic) bond motifs is 1. The molecule has 1 aromatic heterocycles. The lowest BCUT2D eigenvalue weighted by Crippen LogP contribution is -2.45. The summed E-state index contributed by atoms with van der Waals surface area (Å²) in [6, 6.07) is 14.9. The van der Waals surface area contributed by atoms with Gasteiger partial charge in [0.1, 0.15) is 6.04 Å². The number of Topliss-reactive ketones (excluding diaryl/α,β-unsaturated/α-hetero) is 1. The molecule has 0 saturated carbocycles. The quantitative estimate of drug-likeness (QED) is 0.470. The zero-order valence-electron chi connectivity index (χ0n) is 14.2. The van der Waals surface area contributed by atoms with E-state index in [1.807, 2.05) is 18.2 Å². The molecule has 1 heterocycles. The Balaban J connectivity index is 1.82. The van der Waals surface area contributed by atoms with Gasteiger partial charge in [0.25, 0.3) is 11.7 Å². The van der Waals surface area contributed by atoms with Gasteiger partial charge in [-0.2, -0.15) is 0 Å². The van der Waals surface area contributed by atoms with Gasteiger partial charge in [0.15, 0.2) is 0 Å². The van der Waals surface area contributed by atoms with E-state index in [1.165, 1.54) is 0 Å². The molecule has 3 aromatic rings. The molecule has 1 amide bonds. The van der Waals surface area contributed by atoms with Crippen LogP contribution in [0.5, 0.6) is 0 Å². The van der Waals surface area contributed by atoms with Crippen LogP contribution < -0.4 is 5.32 Å². The molecular formula is C20H18N2O4. The first-order valence-corrected chi connectivity index (χ1v) is 8.16. The van der Waals surface area contributed by atoms with Gasteiger partial charge in [-0.25, -0.2) is 4.79 Å². The smallest absolute Gasteiger partial charge is 0.326 e.